The Morgan fingerprint density at radius 2 is 0.889 bits per heavy atom. The molecule has 0 aromatic carbocycles. The van der Waals surface area contributed by atoms with Crippen molar-refractivity contribution in [3.05, 3.63) is 0 Å². The number of unbranched alkanes of at least 4 members (excludes halogenated alkanes) is 10. The number of hydrogen-bond donors (Lipinski definition) is 1. The van der Waals surface area contributed by atoms with Gasteiger partial charge in [0.25, 0.3) is 0 Å². The third-order valence-corrected chi connectivity index (χ3v) is 13.4. The number of nitrogens with zero attached hydrogens (tertiary/aromatic N) is 1. The fourth-order valence-electron chi connectivity index (χ4n) is 11.4. The van der Waals surface area contributed by atoms with Crippen molar-refractivity contribution < 1.29 is 33.7 Å². The molecule has 4 unspecified atom stereocenters. The van der Waals surface area contributed by atoms with E-state index in [0.29, 0.717) is 45.0 Å². The monoisotopic (exact) mass is 762 g/mol. The van der Waals surface area contributed by atoms with Gasteiger partial charge in [0.05, 0.1) is 19.8 Å². The van der Waals surface area contributed by atoms with Crippen molar-refractivity contribution in [3.63, 3.8) is 0 Å². The fraction of sp³-hybridized carbons (Fsp3) is 0.935. The summed E-state index contributed by atoms with van der Waals surface area (Å²) in [6.07, 6.45) is 25.6. The molecule has 8 heteroatoms. The topological polar surface area (TPSA) is 102 Å². The van der Waals surface area contributed by atoms with Gasteiger partial charge in [-0.25, -0.2) is 0 Å². The lowest BCUT2D eigenvalue weighted by Gasteiger charge is -2.69. The predicted molar refractivity (Wildman–Crippen MR) is 218 cm³/mol. The quantitative estimate of drug-likeness (QED) is 0.0411. The van der Waals surface area contributed by atoms with Crippen molar-refractivity contribution in [1.29, 1.82) is 0 Å². The van der Waals surface area contributed by atoms with E-state index in [1.807, 2.05) is 0 Å². The maximum Gasteiger partial charge on any atom is 0.305 e. The van der Waals surface area contributed by atoms with Crippen LogP contribution in [0.1, 0.15) is 202 Å². The summed E-state index contributed by atoms with van der Waals surface area (Å²) >= 11 is 0. The van der Waals surface area contributed by atoms with E-state index in [1.165, 1.54) is 83.5 Å². The van der Waals surface area contributed by atoms with E-state index >= 15 is 0 Å². The first-order valence-corrected chi connectivity index (χ1v) is 22.8. The Hall–Kier alpha value is -1.67. The highest BCUT2D eigenvalue weighted by Crippen LogP contribution is 2.74. The standard InChI is InChI=1S/C46H83NO7/c1-6-11-14-15-16-17-18-19-20-24-40(49)52-36-44-29-43(35-48)30-45(32-44,37-53-41(50)25-21-28-47(9-4)10-5)34-46(31-43,33-44)38-54-42(51)27-26-39(22-12-7-2)23-13-8-3/h39,48H,6-38H2,1-5H3. The van der Waals surface area contributed by atoms with Crippen molar-refractivity contribution in [2.45, 2.75) is 202 Å². The van der Waals surface area contributed by atoms with Gasteiger partial charge in [-0.15, -0.1) is 0 Å². The van der Waals surface area contributed by atoms with Gasteiger partial charge in [-0.3, -0.25) is 14.4 Å². The molecule has 0 radical (unpaired) electrons. The van der Waals surface area contributed by atoms with Crippen molar-refractivity contribution in [2.75, 3.05) is 46.1 Å². The van der Waals surface area contributed by atoms with E-state index < -0.39 is 0 Å². The van der Waals surface area contributed by atoms with E-state index in [-0.39, 0.29) is 46.2 Å². The summed E-state index contributed by atoms with van der Waals surface area (Å²) in [4.78, 5) is 41.9. The Bertz CT molecular complexity index is 1090. The van der Waals surface area contributed by atoms with Crippen LogP contribution in [0.3, 0.4) is 0 Å². The van der Waals surface area contributed by atoms with E-state index in [0.717, 1.165) is 83.8 Å². The lowest BCUT2D eigenvalue weighted by Crippen LogP contribution is -2.65. The van der Waals surface area contributed by atoms with E-state index in [2.05, 4.69) is 39.5 Å². The number of rotatable bonds is 32. The summed E-state index contributed by atoms with van der Waals surface area (Å²) in [6.45, 7) is 14.8. The molecule has 4 bridgehead atoms. The smallest absolute Gasteiger partial charge is 0.305 e. The van der Waals surface area contributed by atoms with Gasteiger partial charge >= 0.3 is 17.9 Å². The minimum Gasteiger partial charge on any atom is -0.465 e. The van der Waals surface area contributed by atoms with Crippen LogP contribution in [-0.2, 0) is 28.6 Å². The van der Waals surface area contributed by atoms with Crippen molar-refractivity contribution in [3.8, 4) is 0 Å². The summed E-state index contributed by atoms with van der Waals surface area (Å²) in [7, 11) is 0. The molecule has 4 saturated carbocycles. The summed E-state index contributed by atoms with van der Waals surface area (Å²) in [6, 6.07) is 0. The third kappa shape index (κ3) is 15.3. The van der Waals surface area contributed by atoms with Crippen LogP contribution in [0.2, 0.25) is 0 Å². The Morgan fingerprint density at radius 3 is 1.31 bits per heavy atom. The molecule has 0 aliphatic heterocycles. The summed E-state index contributed by atoms with van der Waals surface area (Å²) in [5, 5.41) is 11.0. The molecule has 0 heterocycles. The Kier molecular flexibility index (Phi) is 20.9. The maximum atomic E-state index is 13.3. The molecular formula is C46H83NO7. The van der Waals surface area contributed by atoms with E-state index in [1.54, 1.807) is 0 Å². The Morgan fingerprint density at radius 1 is 0.500 bits per heavy atom. The highest BCUT2D eigenvalue weighted by molar-refractivity contribution is 5.70. The van der Waals surface area contributed by atoms with E-state index in [9.17, 15) is 19.5 Å². The van der Waals surface area contributed by atoms with Gasteiger partial charge in [-0.05, 0) is 88.8 Å². The molecule has 4 aliphatic rings. The Balaban J connectivity index is 1.66. The maximum absolute atomic E-state index is 13.3. The minimum atomic E-state index is -0.370. The highest BCUT2D eigenvalue weighted by atomic mass is 16.5. The molecule has 4 aliphatic carbocycles. The zero-order valence-electron chi connectivity index (χ0n) is 35.8. The van der Waals surface area contributed by atoms with Gasteiger partial charge in [0.2, 0.25) is 0 Å². The predicted octanol–water partition coefficient (Wildman–Crippen LogP) is 10.8. The Labute approximate surface area is 331 Å². The van der Waals surface area contributed by atoms with Gasteiger partial charge in [0.1, 0.15) is 0 Å². The first-order valence-electron chi connectivity index (χ1n) is 22.8. The lowest BCUT2D eigenvalue weighted by molar-refractivity contribution is -0.247. The zero-order chi connectivity index (χ0) is 39.3. The molecular weight excluding hydrogens is 679 g/mol. The van der Waals surface area contributed by atoms with Crippen LogP contribution in [0.4, 0.5) is 0 Å². The average Bonchev–Trinajstić information content (AvgIpc) is 3.16. The molecule has 0 aromatic rings. The number of hydrogen-bond acceptors (Lipinski definition) is 8. The fourth-order valence-corrected chi connectivity index (χ4v) is 11.4. The first-order chi connectivity index (χ1) is 26.0. The third-order valence-electron chi connectivity index (χ3n) is 13.4. The van der Waals surface area contributed by atoms with Gasteiger partial charge in [-0.1, -0.05) is 125 Å². The zero-order valence-corrected chi connectivity index (χ0v) is 35.8. The van der Waals surface area contributed by atoms with Crippen LogP contribution in [0.5, 0.6) is 0 Å². The number of carbonyl (C=O) groups is 3. The largest absolute Gasteiger partial charge is 0.465 e. The number of ether oxygens (including phenoxy) is 3. The molecule has 1 N–H and O–H groups in total. The molecule has 0 aromatic heterocycles. The second-order valence-electron chi connectivity index (χ2n) is 18.6. The molecule has 8 nitrogen and oxygen atoms in total. The number of aliphatic hydroxyl groups excluding tert-OH is 1. The van der Waals surface area contributed by atoms with Crippen molar-refractivity contribution in [2.24, 2.45) is 27.6 Å². The molecule has 314 valence electrons. The van der Waals surface area contributed by atoms with E-state index in [4.69, 9.17) is 14.2 Å². The minimum absolute atomic E-state index is 0.0347. The molecule has 54 heavy (non-hydrogen) atoms. The van der Waals surface area contributed by atoms with Crippen LogP contribution in [0.15, 0.2) is 0 Å². The van der Waals surface area contributed by atoms with Crippen LogP contribution >= 0.6 is 0 Å². The number of esters is 3. The summed E-state index contributed by atoms with van der Waals surface area (Å²) < 4.78 is 18.4. The van der Waals surface area contributed by atoms with Gasteiger partial charge in [0, 0.05) is 42.1 Å². The lowest BCUT2D eigenvalue weighted by atomic mass is 9.36. The van der Waals surface area contributed by atoms with Crippen LogP contribution in [-0.4, -0.2) is 74.0 Å². The second kappa shape index (κ2) is 24.2. The van der Waals surface area contributed by atoms with Gasteiger partial charge in [-0.2, -0.15) is 0 Å². The highest BCUT2D eigenvalue weighted by Gasteiger charge is 2.69. The molecule has 4 atom stereocenters. The molecule has 0 saturated heterocycles. The number of aliphatic hydroxyl groups is 1. The SMILES string of the molecule is CCCCCCCCCCCC(=O)OCC12CC3(CO)CC(COC(=O)CCCN(CC)CC)(C1)CC(COC(=O)CCC(CCCC)CCCC)(C3)C2. The molecule has 0 spiro atoms. The average molecular weight is 762 g/mol. The van der Waals surface area contributed by atoms with Crippen molar-refractivity contribution in [1.82, 2.24) is 4.90 Å². The van der Waals surface area contributed by atoms with Crippen molar-refractivity contribution >= 4 is 17.9 Å². The second-order valence-corrected chi connectivity index (χ2v) is 18.6. The normalized spacial score (nSPS) is 25.8. The molecule has 4 fully saturated rings. The van der Waals surface area contributed by atoms with Gasteiger partial charge < -0.3 is 24.2 Å². The first kappa shape index (κ1) is 46.7. The van der Waals surface area contributed by atoms with Crippen LogP contribution in [0, 0.1) is 27.6 Å². The summed E-state index contributed by atoms with van der Waals surface area (Å²) in [5.74, 6) is 0.130. The van der Waals surface area contributed by atoms with Gasteiger partial charge in [0.15, 0.2) is 0 Å². The number of carbonyl (C=O) groups excluding carboxylic acids is 3. The molecule has 4 rings (SSSR count). The van der Waals surface area contributed by atoms with Crippen LogP contribution in [0.25, 0.3) is 0 Å². The van der Waals surface area contributed by atoms with Crippen LogP contribution < -0.4 is 0 Å². The summed E-state index contributed by atoms with van der Waals surface area (Å²) in [5.41, 5.74) is -1.38. The molecule has 0 amide bonds.